The fraction of sp³-hybridized carbons (Fsp3) is 0.667. The van der Waals surface area contributed by atoms with Crippen molar-refractivity contribution in [3.8, 4) is 0 Å². The lowest BCUT2D eigenvalue weighted by molar-refractivity contribution is 0.239. The Hall–Kier alpha value is -0.370. The first-order chi connectivity index (χ1) is 2.39. The SMILES string of the molecule is OC1[C]=NC1. The van der Waals surface area contributed by atoms with Gasteiger partial charge in [0.05, 0.1) is 12.8 Å². The summed E-state index contributed by atoms with van der Waals surface area (Å²) in [6.45, 7) is 0.556. The summed E-state index contributed by atoms with van der Waals surface area (Å²) >= 11 is 0. The summed E-state index contributed by atoms with van der Waals surface area (Å²) in [5.74, 6) is 0. The molecule has 1 rings (SSSR count). The molecule has 5 heavy (non-hydrogen) atoms. The molecule has 1 heterocycles. The Balaban J connectivity index is 2.39. The topological polar surface area (TPSA) is 32.6 Å². The zero-order valence-corrected chi connectivity index (χ0v) is 2.68. The molecule has 1 atom stereocenters. The summed E-state index contributed by atoms with van der Waals surface area (Å²) in [6, 6.07) is 0. The summed E-state index contributed by atoms with van der Waals surface area (Å²) in [5.41, 5.74) is 0. The van der Waals surface area contributed by atoms with Crippen molar-refractivity contribution in [2.24, 2.45) is 4.99 Å². The van der Waals surface area contributed by atoms with E-state index in [2.05, 4.69) is 11.2 Å². The third-order valence-electron chi connectivity index (χ3n) is 0.505. The van der Waals surface area contributed by atoms with Crippen LogP contribution in [0.2, 0.25) is 0 Å². The second-order valence-electron chi connectivity index (χ2n) is 0.986. The first-order valence-corrected chi connectivity index (χ1v) is 1.49. The zero-order valence-electron chi connectivity index (χ0n) is 2.68. The van der Waals surface area contributed by atoms with Crippen LogP contribution in [0.5, 0.6) is 0 Å². The van der Waals surface area contributed by atoms with Gasteiger partial charge in [-0.15, -0.1) is 0 Å². The van der Waals surface area contributed by atoms with Gasteiger partial charge >= 0.3 is 0 Å². The molecular formula is C3H4NO. The smallest absolute Gasteiger partial charge is 0.117 e. The normalized spacial score (nSPS) is 33.4. The molecule has 1 radical (unpaired) electrons. The summed E-state index contributed by atoms with van der Waals surface area (Å²) in [7, 11) is 0. The largest absolute Gasteiger partial charge is 0.385 e. The molecule has 0 amide bonds. The third-order valence-corrected chi connectivity index (χ3v) is 0.505. The summed E-state index contributed by atoms with van der Waals surface area (Å²) < 4.78 is 0. The Morgan fingerprint density at radius 2 is 2.40 bits per heavy atom. The molecule has 27 valence electrons. The van der Waals surface area contributed by atoms with E-state index in [-0.39, 0.29) is 6.10 Å². The van der Waals surface area contributed by atoms with Crippen LogP contribution in [0.3, 0.4) is 0 Å². The first-order valence-electron chi connectivity index (χ1n) is 1.49. The lowest BCUT2D eigenvalue weighted by Crippen LogP contribution is -2.20. The van der Waals surface area contributed by atoms with E-state index in [0.29, 0.717) is 6.54 Å². The van der Waals surface area contributed by atoms with Gasteiger partial charge in [-0.3, -0.25) is 4.99 Å². The predicted molar refractivity (Wildman–Crippen MR) is 18.3 cm³/mol. The molecule has 0 bridgehead atoms. The maximum atomic E-state index is 8.24. The van der Waals surface area contributed by atoms with Crippen molar-refractivity contribution in [3.05, 3.63) is 0 Å². The Bertz CT molecular complexity index is 59.9. The van der Waals surface area contributed by atoms with Crippen LogP contribution in [-0.2, 0) is 0 Å². The Labute approximate surface area is 30.2 Å². The fourth-order valence-electron chi connectivity index (χ4n) is 0.173. The van der Waals surface area contributed by atoms with Crippen LogP contribution >= 0.6 is 0 Å². The lowest BCUT2D eigenvalue weighted by Gasteiger charge is -2.04. The molecule has 0 aromatic rings. The van der Waals surface area contributed by atoms with Crippen LogP contribution in [0.1, 0.15) is 0 Å². The quantitative estimate of drug-likeness (QED) is 0.402. The van der Waals surface area contributed by atoms with Crippen LogP contribution in [-0.4, -0.2) is 24.0 Å². The maximum absolute atomic E-state index is 8.24. The molecular weight excluding hydrogens is 66.0 g/mol. The average molecular weight is 70.1 g/mol. The minimum absolute atomic E-state index is 0.352. The molecule has 0 aliphatic carbocycles. The number of hydrogen-bond acceptors (Lipinski definition) is 2. The lowest BCUT2D eigenvalue weighted by atomic mass is 10.3. The highest BCUT2D eigenvalue weighted by Gasteiger charge is 2.04. The van der Waals surface area contributed by atoms with Gasteiger partial charge in [0, 0.05) is 0 Å². The van der Waals surface area contributed by atoms with Crippen LogP contribution in [0.25, 0.3) is 0 Å². The van der Waals surface area contributed by atoms with E-state index in [4.69, 9.17) is 5.11 Å². The standard InChI is InChI=1S/C3H4NO/c5-3-1-4-2-3/h3,5H,1H2. The van der Waals surface area contributed by atoms with Crippen molar-refractivity contribution in [1.82, 2.24) is 0 Å². The maximum Gasteiger partial charge on any atom is 0.117 e. The first kappa shape index (κ1) is 2.85. The summed E-state index contributed by atoms with van der Waals surface area (Å²) in [6.07, 6.45) is 2.04. The molecule has 1 unspecified atom stereocenters. The van der Waals surface area contributed by atoms with Crippen LogP contribution in [0.4, 0.5) is 0 Å². The van der Waals surface area contributed by atoms with Gasteiger partial charge in [0.15, 0.2) is 0 Å². The minimum atomic E-state index is -0.352. The van der Waals surface area contributed by atoms with E-state index >= 15 is 0 Å². The molecule has 0 saturated heterocycles. The number of aliphatic hydroxyl groups is 1. The fourth-order valence-corrected chi connectivity index (χ4v) is 0.173. The second kappa shape index (κ2) is 0.792. The zero-order chi connectivity index (χ0) is 3.70. The van der Waals surface area contributed by atoms with Crippen molar-refractivity contribution < 1.29 is 5.11 Å². The third kappa shape index (κ3) is 0.304. The highest BCUT2D eigenvalue weighted by atomic mass is 16.3. The van der Waals surface area contributed by atoms with Crippen molar-refractivity contribution >= 4 is 6.21 Å². The van der Waals surface area contributed by atoms with Crippen molar-refractivity contribution in [3.63, 3.8) is 0 Å². The molecule has 0 saturated carbocycles. The molecule has 1 aliphatic heterocycles. The van der Waals surface area contributed by atoms with Gasteiger partial charge in [0.1, 0.15) is 6.10 Å². The van der Waals surface area contributed by atoms with Crippen LogP contribution < -0.4 is 0 Å². The average Bonchev–Trinajstić information content (AvgIpc) is 1.30. The molecule has 2 nitrogen and oxygen atoms in total. The van der Waals surface area contributed by atoms with Crippen molar-refractivity contribution in [1.29, 1.82) is 0 Å². The van der Waals surface area contributed by atoms with Gasteiger partial charge in [-0.2, -0.15) is 0 Å². The molecule has 0 spiro atoms. The van der Waals surface area contributed by atoms with E-state index in [0.717, 1.165) is 0 Å². The van der Waals surface area contributed by atoms with Crippen LogP contribution in [0.15, 0.2) is 4.99 Å². The number of rotatable bonds is 0. The van der Waals surface area contributed by atoms with Gasteiger partial charge in [-0.05, 0) is 0 Å². The monoisotopic (exact) mass is 70.0 g/mol. The van der Waals surface area contributed by atoms with Crippen LogP contribution in [0, 0.1) is 0 Å². The number of aliphatic imine (C=N–C) groups is 1. The number of aliphatic hydroxyl groups excluding tert-OH is 1. The van der Waals surface area contributed by atoms with E-state index in [1.54, 1.807) is 0 Å². The Morgan fingerprint density at radius 3 is 2.40 bits per heavy atom. The van der Waals surface area contributed by atoms with Gasteiger partial charge < -0.3 is 5.11 Å². The van der Waals surface area contributed by atoms with Gasteiger partial charge in [0.2, 0.25) is 0 Å². The highest BCUT2D eigenvalue weighted by molar-refractivity contribution is 5.68. The van der Waals surface area contributed by atoms with E-state index in [1.807, 2.05) is 0 Å². The molecule has 0 aromatic carbocycles. The number of hydrogen-bond donors (Lipinski definition) is 1. The number of nitrogens with zero attached hydrogens (tertiary/aromatic N) is 1. The molecule has 0 aromatic heterocycles. The Morgan fingerprint density at radius 1 is 2.00 bits per heavy atom. The summed E-state index contributed by atoms with van der Waals surface area (Å²) in [4.78, 5) is 3.50. The van der Waals surface area contributed by atoms with Gasteiger partial charge in [-0.1, -0.05) is 0 Å². The van der Waals surface area contributed by atoms with Crippen molar-refractivity contribution in [2.45, 2.75) is 6.10 Å². The second-order valence-corrected chi connectivity index (χ2v) is 0.986. The van der Waals surface area contributed by atoms with E-state index in [9.17, 15) is 0 Å². The molecule has 1 N–H and O–H groups in total. The Kier molecular flexibility index (Phi) is 0.451. The van der Waals surface area contributed by atoms with Gasteiger partial charge in [-0.25, -0.2) is 0 Å². The minimum Gasteiger partial charge on any atom is -0.385 e. The van der Waals surface area contributed by atoms with E-state index < -0.39 is 0 Å². The summed E-state index contributed by atoms with van der Waals surface area (Å²) in [5, 5.41) is 8.24. The molecule has 0 fully saturated rings. The van der Waals surface area contributed by atoms with Gasteiger partial charge in [0.25, 0.3) is 0 Å². The highest BCUT2D eigenvalue weighted by Crippen LogP contribution is 1.88. The molecule has 2 heteroatoms. The predicted octanol–water partition coefficient (Wildman–Crippen LogP) is -0.691. The molecule has 1 aliphatic rings. The van der Waals surface area contributed by atoms with Crippen molar-refractivity contribution in [2.75, 3.05) is 6.54 Å². The van der Waals surface area contributed by atoms with E-state index in [1.165, 1.54) is 0 Å².